The maximum atomic E-state index is 11.6. The smallest absolute Gasteiger partial charge is 0.240 e. The Kier molecular flexibility index (Phi) is 2.63. The molecule has 0 radical (unpaired) electrons. The number of nitrogens with two attached hydrogens (primary N) is 1. The van der Waals surface area contributed by atoms with Crippen LogP contribution < -0.4 is 5.14 Å². The van der Waals surface area contributed by atoms with Gasteiger partial charge in [0.15, 0.2) is 0 Å². The summed E-state index contributed by atoms with van der Waals surface area (Å²) in [6, 6.07) is 11.3. The molecule has 0 aliphatic heterocycles. The van der Waals surface area contributed by atoms with Gasteiger partial charge in [0.2, 0.25) is 10.0 Å². The maximum Gasteiger partial charge on any atom is 0.240 e. The van der Waals surface area contributed by atoms with Crippen molar-refractivity contribution in [2.75, 3.05) is 0 Å². The Labute approximate surface area is 126 Å². The Morgan fingerprint density at radius 3 is 2.86 bits per heavy atom. The summed E-state index contributed by atoms with van der Waals surface area (Å²) in [4.78, 5) is 3.13. The van der Waals surface area contributed by atoms with Crippen LogP contribution in [0.3, 0.4) is 0 Å². The van der Waals surface area contributed by atoms with Crippen molar-refractivity contribution in [1.82, 2.24) is 14.6 Å². The fourth-order valence-electron chi connectivity index (χ4n) is 2.69. The predicted molar refractivity (Wildman–Crippen MR) is 83.9 cm³/mol. The first-order chi connectivity index (χ1) is 10.5. The van der Waals surface area contributed by atoms with Crippen molar-refractivity contribution in [3.63, 3.8) is 0 Å². The lowest BCUT2D eigenvalue weighted by Crippen LogP contribution is -2.11. The molecular weight excluding hydrogens is 300 g/mol. The molecule has 4 rings (SSSR count). The lowest BCUT2D eigenvalue weighted by molar-refractivity contribution is 0.598. The topological polar surface area (TPSA) is 93.2 Å². The van der Waals surface area contributed by atoms with Crippen molar-refractivity contribution in [1.29, 1.82) is 0 Å². The van der Waals surface area contributed by atoms with E-state index in [1.165, 1.54) is 6.20 Å². The van der Waals surface area contributed by atoms with Crippen molar-refractivity contribution in [2.45, 2.75) is 4.90 Å². The molecule has 3 N–H and O–H groups in total. The van der Waals surface area contributed by atoms with E-state index in [4.69, 9.17) is 5.14 Å². The number of rotatable bonds is 2. The minimum Gasteiger partial charge on any atom is -0.359 e. The molecule has 3 aromatic heterocycles. The Morgan fingerprint density at radius 2 is 2.05 bits per heavy atom. The average Bonchev–Trinajstić information content (AvgIpc) is 3.11. The molecule has 22 heavy (non-hydrogen) atoms. The second-order valence-electron chi connectivity index (χ2n) is 5.04. The number of H-pyrrole nitrogens is 1. The highest BCUT2D eigenvalue weighted by molar-refractivity contribution is 7.89. The number of primary sulfonamides is 1. The molecule has 110 valence electrons. The van der Waals surface area contributed by atoms with Gasteiger partial charge in [-0.15, -0.1) is 0 Å². The number of hydrogen-bond acceptors (Lipinski definition) is 3. The number of hydrogen-bond donors (Lipinski definition) is 2. The van der Waals surface area contributed by atoms with E-state index in [1.54, 1.807) is 16.8 Å². The van der Waals surface area contributed by atoms with Gasteiger partial charge in [-0.1, -0.05) is 18.2 Å². The molecule has 3 heterocycles. The second kappa shape index (κ2) is 4.43. The first kappa shape index (κ1) is 13.1. The molecule has 0 aliphatic rings. The summed E-state index contributed by atoms with van der Waals surface area (Å²) >= 11 is 0. The number of fused-ring (bicyclic) bond motifs is 2. The van der Waals surface area contributed by atoms with Crippen LogP contribution >= 0.6 is 0 Å². The van der Waals surface area contributed by atoms with E-state index in [-0.39, 0.29) is 4.90 Å². The number of nitrogens with one attached hydrogen (secondary N) is 1. The SMILES string of the molecule is NS(=O)(=O)c1c[nH]c2c(-c3ccn4nccc4c3)cccc12. The molecule has 7 heteroatoms. The number of benzene rings is 1. The van der Waals surface area contributed by atoms with Gasteiger partial charge in [0.1, 0.15) is 4.90 Å². The summed E-state index contributed by atoms with van der Waals surface area (Å²) in [5, 5.41) is 10.0. The maximum absolute atomic E-state index is 11.6. The molecule has 0 unspecified atom stereocenters. The van der Waals surface area contributed by atoms with E-state index in [1.807, 2.05) is 36.5 Å². The average molecular weight is 312 g/mol. The van der Waals surface area contributed by atoms with Crippen LogP contribution in [0.15, 0.2) is 59.9 Å². The molecule has 0 saturated carbocycles. The normalized spacial score (nSPS) is 12.2. The Balaban J connectivity index is 2.01. The zero-order chi connectivity index (χ0) is 15.3. The minimum atomic E-state index is -3.76. The molecule has 0 aliphatic carbocycles. The fourth-order valence-corrected chi connectivity index (χ4v) is 3.39. The van der Waals surface area contributed by atoms with E-state index in [2.05, 4.69) is 10.1 Å². The minimum absolute atomic E-state index is 0.106. The molecule has 0 atom stereocenters. The molecule has 6 nitrogen and oxygen atoms in total. The number of aromatic nitrogens is 3. The highest BCUT2D eigenvalue weighted by Crippen LogP contribution is 2.31. The monoisotopic (exact) mass is 312 g/mol. The van der Waals surface area contributed by atoms with Crippen LogP contribution in [0.4, 0.5) is 0 Å². The summed E-state index contributed by atoms with van der Waals surface area (Å²) in [6.07, 6.45) is 5.03. The molecule has 0 spiro atoms. The van der Waals surface area contributed by atoms with Gasteiger partial charge in [-0.2, -0.15) is 5.10 Å². The van der Waals surface area contributed by atoms with Crippen LogP contribution in [0.5, 0.6) is 0 Å². The van der Waals surface area contributed by atoms with Gasteiger partial charge < -0.3 is 4.98 Å². The van der Waals surface area contributed by atoms with E-state index < -0.39 is 10.0 Å². The largest absolute Gasteiger partial charge is 0.359 e. The quantitative estimate of drug-likeness (QED) is 0.594. The predicted octanol–water partition coefficient (Wildman–Crippen LogP) is 2.13. The highest BCUT2D eigenvalue weighted by Gasteiger charge is 2.16. The van der Waals surface area contributed by atoms with Crippen LogP contribution in [-0.2, 0) is 10.0 Å². The second-order valence-corrected chi connectivity index (χ2v) is 6.57. The van der Waals surface area contributed by atoms with Crippen molar-refractivity contribution < 1.29 is 8.42 Å². The molecule has 0 bridgehead atoms. The van der Waals surface area contributed by atoms with Crippen molar-refractivity contribution >= 4 is 26.4 Å². The van der Waals surface area contributed by atoms with Gasteiger partial charge in [0, 0.05) is 29.5 Å². The number of aromatic amines is 1. The molecule has 4 aromatic rings. The van der Waals surface area contributed by atoms with E-state index in [0.717, 1.165) is 22.2 Å². The summed E-state index contributed by atoms with van der Waals surface area (Å²) in [7, 11) is -3.76. The van der Waals surface area contributed by atoms with E-state index >= 15 is 0 Å². The zero-order valence-electron chi connectivity index (χ0n) is 11.4. The molecule has 1 aromatic carbocycles. The summed E-state index contributed by atoms with van der Waals surface area (Å²) in [5.41, 5.74) is 3.60. The van der Waals surface area contributed by atoms with Crippen LogP contribution in [0.1, 0.15) is 0 Å². The standard InChI is InChI=1S/C15H12N4O2S/c16-22(20,21)14-9-17-15-12(2-1-3-13(14)15)10-5-7-19-11(8-10)4-6-18-19/h1-9,17H,(H2,16,20,21). The Bertz CT molecular complexity index is 1110. The first-order valence-electron chi connectivity index (χ1n) is 6.61. The lowest BCUT2D eigenvalue weighted by Gasteiger charge is -2.05. The van der Waals surface area contributed by atoms with Gasteiger partial charge in [-0.05, 0) is 23.8 Å². The third-order valence-electron chi connectivity index (χ3n) is 3.69. The molecule has 0 fully saturated rings. The van der Waals surface area contributed by atoms with Crippen LogP contribution in [-0.4, -0.2) is 23.0 Å². The van der Waals surface area contributed by atoms with E-state index in [9.17, 15) is 8.42 Å². The van der Waals surface area contributed by atoms with Crippen LogP contribution in [0.2, 0.25) is 0 Å². The molecule has 0 amide bonds. The third kappa shape index (κ3) is 1.91. The number of sulfonamides is 1. The van der Waals surface area contributed by atoms with Crippen molar-refractivity contribution in [2.24, 2.45) is 5.14 Å². The molecular formula is C15H12N4O2S. The lowest BCUT2D eigenvalue weighted by atomic mass is 10.0. The van der Waals surface area contributed by atoms with Gasteiger partial charge in [-0.25, -0.2) is 18.1 Å². The summed E-state index contributed by atoms with van der Waals surface area (Å²) in [6.45, 7) is 0. The van der Waals surface area contributed by atoms with E-state index in [0.29, 0.717) is 5.39 Å². The van der Waals surface area contributed by atoms with Crippen LogP contribution in [0.25, 0.3) is 27.5 Å². The Morgan fingerprint density at radius 1 is 1.18 bits per heavy atom. The fraction of sp³-hybridized carbons (Fsp3) is 0. The summed E-state index contributed by atoms with van der Waals surface area (Å²) < 4.78 is 25.1. The number of nitrogens with zero attached hydrogens (tertiary/aromatic N) is 2. The van der Waals surface area contributed by atoms with Crippen molar-refractivity contribution in [3.05, 3.63) is 55.0 Å². The first-order valence-corrected chi connectivity index (χ1v) is 8.15. The molecule has 0 saturated heterocycles. The van der Waals surface area contributed by atoms with Gasteiger partial charge >= 0.3 is 0 Å². The van der Waals surface area contributed by atoms with Crippen molar-refractivity contribution in [3.8, 4) is 11.1 Å². The Hall–Kier alpha value is -2.64. The zero-order valence-corrected chi connectivity index (χ0v) is 12.2. The number of pyridine rings is 1. The van der Waals surface area contributed by atoms with Gasteiger partial charge in [-0.3, -0.25) is 0 Å². The third-order valence-corrected chi connectivity index (χ3v) is 4.65. The van der Waals surface area contributed by atoms with Gasteiger partial charge in [0.25, 0.3) is 0 Å². The van der Waals surface area contributed by atoms with Gasteiger partial charge in [0.05, 0.1) is 11.0 Å². The van der Waals surface area contributed by atoms with Crippen LogP contribution in [0, 0.1) is 0 Å². The number of para-hydroxylation sites is 1. The highest BCUT2D eigenvalue weighted by atomic mass is 32.2. The summed E-state index contributed by atoms with van der Waals surface area (Å²) in [5.74, 6) is 0.